The van der Waals surface area contributed by atoms with Crippen molar-refractivity contribution in [3.05, 3.63) is 223 Å². The summed E-state index contributed by atoms with van der Waals surface area (Å²) in [4.78, 5) is 2.43. The molecule has 8 aromatic carbocycles. The van der Waals surface area contributed by atoms with Crippen molar-refractivity contribution in [2.75, 3.05) is 4.90 Å². The van der Waals surface area contributed by atoms with Crippen LogP contribution in [-0.4, -0.2) is 6.10 Å². The van der Waals surface area contributed by atoms with Gasteiger partial charge in [0.2, 0.25) is 0 Å². The summed E-state index contributed by atoms with van der Waals surface area (Å²) in [5, 5.41) is 2.44. The first-order valence-corrected chi connectivity index (χ1v) is 18.7. The van der Waals surface area contributed by atoms with Crippen LogP contribution in [0.3, 0.4) is 0 Å². The Hall–Kier alpha value is -6.90. The zero-order valence-electron chi connectivity index (χ0n) is 29.7. The SMILES string of the molecule is C1=CC2Oc3cc4ccccc4cc3C2C=C1c1ccccc1N(c1ccc(-c2ccccc2)cc1)c1ccccc1-c1ccc(-c2ccccc2)cc1. The minimum absolute atomic E-state index is 0.0195. The van der Waals surface area contributed by atoms with Crippen molar-refractivity contribution in [1.82, 2.24) is 0 Å². The zero-order chi connectivity index (χ0) is 35.8. The van der Waals surface area contributed by atoms with Crippen LogP contribution in [0.1, 0.15) is 17.0 Å². The number of para-hydroxylation sites is 2. The van der Waals surface area contributed by atoms with Crippen LogP contribution in [0.2, 0.25) is 0 Å². The van der Waals surface area contributed by atoms with Gasteiger partial charge in [-0.15, -0.1) is 0 Å². The molecule has 2 aliphatic rings. The number of hydrogen-bond donors (Lipinski definition) is 0. The summed E-state index contributed by atoms with van der Waals surface area (Å²) in [5.41, 5.74) is 14.1. The average molecular weight is 692 g/mol. The molecule has 2 atom stereocenters. The van der Waals surface area contributed by atoms with E-state index < -0.39 is 0 Å². The number of rotatable bonds is 7. The Kier molecular flexibility index (Phi) is 8.00. The summed E-state index contributed by atoms with van der Waals surface area (Å²) >= 11 is 0. The van der Waals surface area contributed by atoms with Crippen LogP contribution in [0, 0.1) is 0 Å². The average Bonchev–Trinajstić information content (AvgIpc) is 3.61. The van der Waals surface area contributed by atoms with E-state index in [-0.39, 0.29) is 12.0 Å². The number of anilines is 3. The van der Waals surface area contributed by atoms with Gasteiger partial charge in [-0.3, -0.25) is 0 Å². The maximum absolute atomic E-state index is 6.53. The Morgan fingerprint density at radius 2 is 0.926 bits per heavy atom. The van der Waals surface area contributed by atoms with Gasteiger partial charge in [0.1, 0.15) is 11.9 Å². The quantitative estimate of drug-likeness (QED) is 0.165. The lowest BCUT2D eigenvalue weighted by Gasteiger charge is -2.31. The van der Waals surface area contributed by atoms with Gasteiger partial charge in [-0.25, -0.2) is 0 Å². The predicted octanol–water partition coefficient (Wildman–Crippen LogP) is 13.8. The molecule has 8 aromatic rings. The van der Waals surface area contributed by atoms with Gasteiger partial charge in [-0.1, -0.05) is 170 Å². The van der Waals surface area contributed by atoms with Gasteiger partial charge in [0.05, 0.1) is 11.4 Å². The highest BCUT2D eigenvalue weighted by Gasteiger charge is 2.34. The van der Waals surface area contributed by atoms with Gasteiger partial charge in [0, 0.05) is 28.3 Å². The first kappa shape index (κ1) is 31.8. The van der Waals surface area contributed by atoms with Gasteiger partial charge in [0.15, 0.2) is 0 Å². The first-order valence-electron chi connectivity index (χ1n) is 18.7. The van der Waals surface area contributed by atoms with Crippen LogP contribution in [0.4, 0.5) is 17.1 Å². The molecule has 0 saturated heterocycles. The number of allylic oxidation sites excluding steroid dienone is 2. The van der Waals surface area contributed by atoms with Crippen LogP contribution >= 0.6 is 0 Å². The van der Waals surface area contributed by atoms with E-state index in [0.717, 1.165) is 28.4 Å². The molecular formula is C52H37NO. The summed E-state index contributed by atoms with van der Waals surface area (Å²) < 4.78 is 6.53. The second kappa shape index (κ2) is 13.6. The van der Waals surface area contributed by atoms with Gasteiger partial charge in [-0.2, -0.15) is 0 Å². The standard InChI is InChI=1S/C52H37NO/c1-3-13-36(14-4-1)38-23-25-40(26-24-38)45-19-9-11-21-49(45)53(44-30-27-39(28-31-44)37-15-5-2-6-16-37)50-22-12-10-20-46(50)43-29-32-51-47(34-43)48-33-41-17-7-8-18-42(41)35-52(48)54-51/h1-35,47,51H. The van der Waals surface area contributed by atoms with E-state index in [1.54, 1.807) is 0 Å². The van der Waals surface area contributed by atoms with E-state index in [0.29, 0.717) is 0 Å². The second-order valence-corrected chi connectivity index (χ2v) is 14.1. The highest BCUT2D eigenvalue weighted by Crippen LogP contribution is 2.48. The Morgan fingerprint density at radius 1 is 0.426 bits per heavy atom. The molecule has 256 valence electrons. The molecule has 0 aromatic heterocycles. The van der Waals surface area contributed by atoms with E-state index >= 15 is 0 Å². The lowest BCUT2D eigenvalue weighted by molar-refractivity contribution is 0.269. The Morgan fingerprint density at radius 3 is 1.59 bits per heavy atom. The fraction of sp³-hybridized carbons (Fsp3) is 0.0385. The number of benzene rings is 8. The van der Waals surface area contributed by atoms with Crippen molar-refractivity contribution >= 4 is 33.4 Å². The minimum atomic E-state index is -0.0195. The van der Waals surface area contributed by atoms with Gasteiger partial charge in [0.25, 0.3) is 0 Å². The lowest BCUT2D eigenvalue weighted by atomic mass is 9.85. The van der Waals surface area contributed by atoms with Crippen LogP contribution in [0.15, 0.2) is 212 Å². The van der Waals surface area contributed by atoms with Crippen molar-refractivity contribution in [2.24, 2.45) is 0 Å². The van der Waals surface area contributed by atoms with Gasteiger partial charge in [-0.05, 0) is 86.6 Å². The number of nitrogens with zero attached hydrogens (tertiary/aromatic N) is 1. The molecule has 2 nitrogen and oxygen atoms in total. The maximum Gasteiger partial charge on any atom is 0.128 e. The fourth-order valence-corrected chi connectivity index (χ4v) is 8.11. The molecule has 1 heterocycles. The van der Waals surface area contributed by atoms with Crippen LogP contribution in [-0.2, 0) is 0 Å². The van der Waals surface area contributed by atoms with E-state index in [9.17, 15) is 0 Å². The first-order chi connectivity index (χ1) is 26.8. The Bertz CT molecular complexity index is 2670. The summed E-state index contributed by atoms with van der Waals surface area (Å²) in [6.45, 7) is 0. The van der Waals surface area contributed by atoms with Crippen molar-refractivity contribution in [3.63, 3.8) is 0 Å². The molecule has 0 saturated carbocycles. The number of fused-ring (bicyclic) bond motifs is 4. The number of ether oxygens (including phenoxy) is 1. The Labute approximate surface area is 316 Å². The third-order valence-electron chi connectivity index (χ3n) is 10.8. The monoisotopic (exact) mass is 691 g/mol. The molecule has 0 radical (unpaired) electrons. The van der Waals surface area contributed by atoms with Crippen molar-refractivity contribution in [1.29, 1.82) is 0 Å². The largest absolute Gasteiger partial charge is 0.485 e. The normalized spacial score (nSPS) is 15.6. The topological polar surface area (TPSA) is 12.5 Å². The molecule has 0 spiro atoms. The molecular weight excluding hydrogens is 655 g/mol. The minimum Gasteiger partial charge on any atom is -0.485 e. The predicted molar refractivity (Wildman–Crippen MR) is 226 cm³/mol. The molecule has 10 rings (SSSR count). The molecule has 54 heavy (non-hydrogen) atoms. The van der Waals surface area contributed by atoms with Gasteiger partial charge >= 0.3 is 0 Å². The van der Waals surface area contributed by atoms with Crippen molar-refractivity contribution in [2.45, 2.75) is 12.0 Å². The summed E-state index contributed by atoms with van der Waals surface area (Å²) in [5.74, 6) is 1.11. The fourth-order valence-electron chi connectivity index (χ4n) is 8.11. The molecule has 0 N–H and O–H groups in total. The molecule has 2 unspecified atom stereocenters. The Balaban J connectivity index is 1.10. The van der Waals surface area contributed by atoms with E-state index in [4.69, 9.17) is 4.74 Å². The molecule has 1 aliphatic heterocycles. The molecule has 0 bridgehead atoms. The van der Waals surface area contributed by atoms with E-state index in [2.05, 4.69) is 217 Å². The third kappa shape index (κ3) is 5.79. The molecule has 1 aliphatic carbocycles. The van der Waals surface area contributed by atoms with E-state index in [1.165, 1.54) is 55.3 Å². The maximum atomic E-state index is 6.53. The second-order valence-electron chi connectivity index (χ2n) is 14.1. The highest BCUT2D eigenvalue weighted by molar-refractivity contribution is 5.95. The van der Waals surface area contributed by atoms with Gasteiger partial charge < -0.3 is 9.64 Å². The highest BCUT2D eigenvalue weighted by atomic mass is 16.5. The summed E-state index contributed by atoms with van der Waals surface area (Å²) in [7, 11) is 0. The molecule has 2 heteroatoms. The summed E-state index contributed by atoms with van der Waals surface area (Å²) in [6, 6.07) is 69.7. The summed E-state index contributed by atoms with van der Waals surface area (Å²) in [6.07, 6.45) is 6.88. The molecule has 0 amide bonds. The van der Waals surface area contributed by atoms with Crippen molar-refractivity contribution < 1.29 is 4.74 Å². The lowest BCUT2D eigenvalue weighted by Crippen LogP contribution is -2.18. The van der Waals surface area contributed by atoms with Crippen LogP contribution in [0.5, 0.6) is 5.75 Å². The van der Waals surface area contributed by atoms with Crippen molar-refractivity contribution in [3.8, 4) is 39.1 Å². The number of hydrogen-bond acceptors (Lipinski definition) is 2. The third-order valence-corrected chi connectivity index (χ3v) is 10.8. The molecule has 0 fully saturated rings. The zero-order valence-corrected chi connectivity index (χ0v) is 29.7. The smallest absolute Gasteiger partial charge is 0.128 e. The van der Waals surface area contributed by atoms with Crippen LogP contribution < -0.4 is 9.64 Å². The van der Waals surface area contributed by atoms with Crippen LogP contribution in [0.25, 0.3) is 49.7 Å². The van der Waals surface area contributed by atoms with E-state index in [1.807, 2.05) is 0 Å².